The maximum atomic E-state index is 9.45. The summed E-state index contributed by atoms with van der Waals surface area (Å²) in [5, 5.41) is 12.9. The van der Waals surface area contributed by atoms with E-state index in [-0.39, 0.29) is 6.10 Å². The lowest BCUT2D eigenvalue weighted by atomic mass is 10.0. The molecule has 2 N–H and O–H groups in total. The number of aliphatic hydroxyl groups excluding tert-OH is 1. The van der Waals surface area contributed by atoms with Crippen LogP contribution in [0.5, 0.6) is 0 Å². The van der Waals surface area contributed by atoms with Crippen LogP contribution < -0.4 is 5.32 Å². The standard InChI is InChI=1S/C11H22N2O/c1-12-10-3-2-4-11(10)13-7-5-9(14)6-8-13/h9-12,14H,2-8H2,1H3. The third-order valence-corrected chi connectivity index (χ3v) is 3.82. The Morgan fingerprint density at radius 1 is 1.14 bits per heavy atom. The van der Waals surface area contributed by atoms with E-state index in [9.17, 15) is 5.11 Å². The fourth-order valence-electron chi connectivity index (χ4n) is 2.93. The molecule has 0 radical (unpaired) electrons. The predicted octanol–water partition coefficient (Wildman–Crippen LogP) is 0.584. The largest absolute Gasteiger partial charge is 0.393 e. The first-order valence-corrected chi connectivity index (χ1v) is 5.90. The van der Waals surface area contributed by atoms with Gasteiger partial charge in [0.1, 0.15) is 0 Å². The Bertz CT molecular complexity index is 178. The molecule has 0 spiro atoms. The third-order valence-electron chi connectivity index (χ3n) is 3.82. The molecule has 14 heavy (non-hydrogen) atoms. The maximum absolute atomic E-state index is 9.45. The van der Waals surface area contributed by atoms with Crippen molar-refractivity contribution >= 4 is 0 Å². The van der Waals surface area contributed by atoms with Crippen LogP contribution in [0.2, 0.25) is 0 Å². The molecule has 0 amide bonds. The lowest BCUT2D eigenvalue weighted by Gasteiger charge is -2.37. The summed E-state index contributed by atoms with van der Waals surface area (Å²) in [7, 11) is 2.07. The molecule has 82 valence electrons. The van der Waals surface area contributed by atoms with Crippen LogP contribution in [0.3, 0.4) is 0 Å². The lowest BCUT2D eigenvalue weighted by Crippen LogP contribution is -2.49. The molecule has 3 nitrogen and oxygen atoms in total. The molecule has 3 heteroatoms. The molecule has 1 aliphatic heterocycles. The van der Waals surface area contributed by atoms with Crippen LogP contribution in [0.1, 0.15) is 32.1 Å². The zero-order chi connectivity index (χ0) is 9.97. The highest BCUT2D eigenvalue weighted by atomic mass is 16.3. The summed E-state index contributed by atoms with van der Waals surface area (Å²) >= 11 is 0. The number of likely N-dealkylation sites (N-methyl/N-ethyl adjacent to an activating group) is 1. The highest BCUT2D eigenvalue weighted by Crippen LogP contribution is 2.26. The van der Waals surface area contributed by atoms with Crippen LogP contribution in [0, 0.1) is 0 Å². The molecular weight excluding hydrogens is 176 g/mol. The van der Waals surface area contributed by atoms with Gasteiger partial charge in [-0.3, -0.25) is 4.90 Å². The van der Waals surface area contributed by atoms with Crippen LogP contribution >= 0.6 is 0 Å². The summed E-state index contributed by atoms with van der Waals surface area (Å²) in [5.41, 5.74) is 0. The quantitative estimate of drug-likeness (QED) is 0.681. The van der Waals surface area contributed by atoms with Crippen molar-refractivity contribution < 1.29 is 5.11 Å². The number of hydrogen-bond acceptors (Lipinski definition) is 3. The zero-order valence-electron chi connectivity index (χ0n) is 9.08. The van der Waals surface area contributed by atoms with E-state index < -0.39 is 0 Å². The summed E-state index contributed by atoms with van der Waals surface area (Å²) in [6, 6.07) is 1.41. The van der Waals surface area contributed by atoms with Gasteiger partial charge in [0, 0.05) is 25.2 Å². The lowest BCUT2D eigenvalue weighted by molar-refractivity contribution is 0.0560. The van der Waals surface area contributed by atoms with Gasteiger partial charge in [-0.05, 0) is 32.7 Å². The summed E-state index contributed by atoms with van der Waals surface area (Å²) in [6.45, 7) is 2.17. The Morgan fingerprint density at radius 3 is 2.50 bits per heavy atom. The molecule has 1 heterocycles. The van der Waals surface area contributed by atoms with Crippen molar-refractivity contribution in [1.29, 1.82) is 0 Å². The van der Waals surface area contributed by atoms with Gasteiger partial charge in [0.25, 0.3) is 0 Å². The fourth-order valence-corrected chi connectivity index (χ4v) is 2.93. The molecule has 0 aromatic carbocycles. The second-order valence-electron chi connectivity index (χ2n) is 4.66. The molecule has 1 saturated carbocycles. The fraction of sp³-hybridized carbons (Fsp3) is 1.00. The van der Waals surface area contributed by atoms with E-state index in [0.717, 1.165) is 32.0 Å². The zero-order valence-corrected chi connectivity index (χ0v) is 9.08. The van der Waals surface area contributed by atoms with Gasteiger partial charge in [-0.1, -0.05) is 6.42 Å². The van der Waals surface area contributed by atoms with Crippen molar-refractivity contribution in [3.63, 3.8) is 0 Å². The molecular formula is C11H22N2O. The molecule has 1 aliphatic carbocycles. The second kappa shape index (κ2) is 4.60. The third kappa shape index (κ3) is 2.10. The Kier molecular flexibility index (Phi) is 3.42. The SMILES string of the molecule is CNC1CCCC1N1CCC(O)CC1. The van der Waals surface area contributed by atoms with Gasteiger partial charge in [0.05, 0.1) is 6.10 Å². The van der Waals surface area contributed by atoms with Crippen LogP contribution in [0.15, 0.2) is 0 Å². The molecule has 2 rings (SSSR count). The Labute approximate surface area is 86.5 Å². The topological polar surface area (TPSA) is 35.5 Å². The molecule has 2 unspecified atom stereocenters. The van der Waals surface area contributed by atoms with Crippen molar-refractivity contribution in [2.45, 2.75) is 50.3 Å². The average molecular weight is 198 g/mol. The minimum absolute atomic E-state index is 0.0410. The van der Waals surface area contributed by atoms with E-state index in [1.165, 1.54) is 19.3 Å². The van der Waals surface area contributed by atoms with Gasteiger partial charge in [-0.25, -0.2) is 0 Å². The van der Waals surface area contributed by atoms with Crippen molar-refractivity contribution in [1.82, 2.24) is 10.2 Å². The van der Waals surface area contributed by atoms with Gasteiger partial charge < -0.3 is 10.4 Å². The first kappa shape index (κ1) is 10.4. The number of nitrogens with zero attached hydrogens (tertiary/aromatic N) is 1. The Balaban J connectivity index is 1.88. The highest BCUT2D eigenvalue weighted by Gasteiger charge is 2.32. The van der Waals surface area contributed by atoms with Crippen molar-refractivity contribution in [2.75, 3.05) is 20.1 Å². The second-order valence-corrected chi connectivity index (χ2v) is 4.66. The van der Waals surface area contributed by atoms with Crippen molar-refractivity contribution in [3.05, 3.63) is 0 Å². The number of hydrogen-bond donors (Lipinski definition) is 2. The molecule has 1 saturated heterocycles. The smallest absolute Gasteiger partial charge is 0.0564 e. The van der Waals surface area contributed by atoms with E-state index in [1.807, 2.05) is 0 Å². The van der Waals surface area contributed by atoms with E-state index >= 15 is 0 Å². The molecule has 2 atom stereocenters. The van der Waals surface area contributed by atoms with E-state index in [2.05, 4.69) is 17.3 Å². The number of rotatable bonds is 2. The predicted molar refractivity (Wildman–Crippen MR) is 57.3 cm³/mol. The molecule has 0 bridgehead atoms. The van der Waals surface area contributed by atoms with Gasteiger partial charge >= 0.3 is 0 Å². The van der Waals surface area contributed by atoms with Gasteiger partial charge in [0.15, 0.2) is 0 Å². The van der Waals surface area contributed by atoms with E-state index in [4.69, 9.17) is 0 Å². The number of likely N-dealkylation sites (tertiary alicyclic amines) is 1. The van der Waals surface area contributed by atoms with E-state index in [0.29, 0.717) is 6.04 Å². The van der Waals surface area contributed by atoms with Gasteiger partial charge in [0.2, 0.25) is 0 Å². The Morgan fingerprint density at radius 2 is 1.86 bits per heavy atom. The van der Waals surface area contributed by atoms with Crippen LogP contribution in [-0.2, 0) is 0 Å². The summed E-state index contributed by atoms with van der Waals surface area (Å²) in [4.78, 5) is 2.57. The van der Waals surface area contributed by atoms with Crippen LogP contribution in [-0.4, -0.2) is 48.3 Å². The van der Waals surface area contributed by atoms with E-state index in [1.54, 1.807) is 0 Å². The van der Waals surface area contributed by atoms with Crippen LogP contribution in [0.25, 0.3) is 0 Å². The summed E-state index contributed by atoms with van der Waals surface area (Å²) < 4.78 is 0. The number of aliphatic hydroxyl groups is 1. The maximum Gasteiger partial charge on any atom is 0.0564 e. The monoisotopic (exact) mass is 198 g/mol. The minimum atomic E-state index is -0.0410. The van der Waals surface area contributed by atoms with Gasteiger partial charge in [-0.15, -0.1) is 0 Å². The summed E-state index contributed by atoms with van der Waals surface area (Å²) in [5.74, 6) is 0. The average Bonchev–Trinajstić information content (AvgIpc) is 2.67. The Hall–Kier alpha value is -0.120. The van der Waals surface area contributed by atoms with Gasteiger partial charge in [-0.2, -0.15) is 0 Å². The first-order chi connectivity index (χ1) is 6.81. The first-order valence-electron chi connectivity index (χ1n) is 5.90. The number of piperidine rings is 1. The van der Waals surface area contributed by atoms with Crippen molar-refractivity contribution in [2.24, 2.45) is 0 Å². The molecule has 0 aromatic heterocycles. The molecule has 2 fully saturated rings. The normalized spacial score (nSPS) is 36.4. The highest BCUT2D eigenvalue weighted by molar-refractivity contribution is 4.91. The minimum Gasteiger partial charge on any atom is -0.393 e. The van der Waals surface area contributed by atoms with Crippen LogP contribution in [0.4, 0.5) is 0 Å². The molecule has 0 aromatic rings. The molecule has 2 aliphatic rings. The van der Waals surface area contributed by atoms with Crippen molar-refractivity contribution in [3.8, 4) is 0 Å². The summed E-state index contributed by atoms with van der Waals surface area (Å²) in [6.07, 6.45) is 5.90. The number of nitrogens with one attached hydrogen (secondary N) is 1.